The summed E-state index contributed by atoms with van der Waals surface area (Å²) < 4.78 is 0. The van der Waals surface area contributed by atoms with Gasteiger partial charge >= 0.3 is 6.17 Å². The molecule has 0 saturated heterocycles. The first-order valence-electron chi connectivity index (χ1n) is 5.36. The molecule has 2 unspecified atom stereocenters. The van der Waals surface area contributed by atoms with Gasteiger partial charge in [0.05, 0.1) is 0 Å². The molecule has 0 rings (SSSR count). The summed E-state index contributed by atoms with van der Waals surface area (Å²) in [5.41, 5.74) is 16.2. The topological polar surface area (TPSA) is 184 Å². The van der Waals surface area contributed by atoms with Gasteiger partial charge in [0.15, 0.2) is 0 Å². The average Bonchev–Trinajstić information content (AvgIpc) is 2.35. The molecular formula is C7H12N8O4. The quantitative estimate of drug-likeness (QED) is 0.148. The molecule has 0 aliphatic rings. The summed E-state index contributed by atoms with van der Waals surface area (Å²) in [5.74, 6) is 0. The predicted octanol–water partition coefficient (Wildman–Crippen LogP) is 2.42. The minimum absolute atomic E-state index is 0.0755. The van der Waals surface area contributed by atoms with Gasteiger partial charge in [0.2, 0.25) is 0 Å². The number of rotatable bonds is 10. The maximum Gasteiger partial charge on any atom is 0.357 e. The van der Waals surface area contributed by atoms with Crippen LogP contribution in [0, 0.1) is 20.2 Å². The summed E-state index contributed by atoms with van der Waals surface area (Å²) in [5, 5.41) is 27.5. The molecular weight excluding hydrogens is 260 g/mol. The minimum atomic E-state index is -1.91. The molecule has 0 aromatic carbocycles. The first-order valence-corrected chi connectivity index (χ1v) is 5.36. The molecule has 0 heterocycles. The molecule has 12 nitrogen and oxygen atoms in total. The van der Waals surface area contributed by atoms with Gasteiger partial charge in [-0.3, -0.25) is 20.2 Å². The third-order valence-electron chi connectivity index (χ3n) is 2.32. The lowest BCUT2D eigenvalue weighted by Gasteiger charge is -2.09. The van der Waals surface area contributed by atoms with Gasteiger partial charge in [-0.25, -0.2) is 0 Å². The van der Waals surface area contributed by atoms with Crippen molar-refractivity contribution in [1.29, 1.82) is 0 Å². The van der Waals surface area contributed by atoms with Gasteiger partial charge in [0, 0.05) is 32.6 Å². The zero-order valence-corrected chi connectivity index (χ0v) is 9.90. The lowest BCUT2D eigenvalue weighted by Crippen LogP contribution is -2.37. The van der Waals surface area contributed by atoms with Crippen LogP contribution in [0.2, 0.25) is 0 Å². The minimum Gasteiger partial charge on any atom is -0.264 e. The van der Waals surface area contributed by atoms with Crippen molar-refractivity contribution in [2.75, 3.05) is 6.54 Å². The van der Waals surface area contributed by atoms with Crippen LogP contribution in [0.5, 0.6) is 0 Å². The van der Waals surface area contributed by atoms with Crippen molar-refractivity contribution in [3.05, 3.63) is 41.1 Å². The van der Waals surface area contributed by atoms with Crippen molar-refractivity contribution in [2.45, 2.75) is 37.9 Å². The molecule has 0 bridgehead atoms. The molecule has 0 aromatic rings. The first-order chi connectivity index (χ1) is 9.04. The first kappa shape index (κ1) is 16.4. The largest absolute Gasteiger partial charge is 0.357 e. The van der Waals surface area contributed by atoms with Crippen molar-refractivity contribution in [2.24, 2.45) is 10.2 Å². The summed E-state index contributed by atoms with van der Waals surface area (Å²) in [6, 6.07) is -1.55. The van der Waals surface area contributed by atoms with Gasteiger partial charge in [-0.05, 0) is 29.0 Å². The zero-order chi connectivity index (χ0) is 14.7. The predicted molar refractivity (Wildman–Crippen MR) is 63.2 cm³/mol. The van der Waals surface area contributed by atoms with Crippen LogP contribution in [0.4, 0.5) is 0 Å². The third-order valence-corrected chi connectivity index (χ3v) is 2.32. The summed E-state index contributed by atoms with van der Waals surface area (Å²) in [4.78, 5) is 24.4. The number of hydrogen-bond acceptors (Lipinski definition) is 6. The number of azide groups is 2. The van der Waals surface area contributed by atoms with Crippen LogP contribution in [0.1, 0.15) is 25.7 Å². The molecule has 0 N–H and O–H groups in total. The molecule has 0 aromatic heterocycles. The smallest absolute Gasteiger partial charge is 0.264 e. The molecule has 0 aliphatic heterocycles. The highest BCUT2D eigenvalue weighted by atomic mass is 16.6. The molecule has 12 heteroatoms. The van der Waals surface area contributed by atoms with E-state index in [1.54, 1.807) is 0 Å². The van der Waals surface area contributed by atoms with Crippen LogP contribution in [0.3, 0.4) is 0 Å². The number of nitrogens with zero attached hydrogens (tertiary/aromatic N) is 8. The van der Waals surface area contributed by atoms with E-state index in [1.165, 1.54) is 0 Å². The van der Waals surface area contributed by atoms with E-state index in [1.807, 2.05) is 0 Å². The fourth-order valence-electron chi connectivity index (χ4n) is 1.43. The van der Waals surface area contributed by atoms with Crippen molar-refractivity contribution in [3.8, 4) is 0 Å². The molecule has 0 aliphatic carbocycles. The van der Waals surface area contributed by atoms with Crippen LogP contribution < -0.4 is 0 Å². The van der Waals surface area contributed by atoms with E-state index in [-0.39, 0.29) is 13.0 Å². The lowest BCUT2D eigenvalue weighted by atomic mass is 10.1. The molecule has 2 atom stereocenters. The third kappa shape index (κ3) is 6.66. The van der Waals surface area contributed by atoms with E-state index >= 15 is 0 Å². The van der Waals surface area contributed by atoms with Gasteiger partial charge in [0.1, 0.15) is 0 Å². The van der Waals surface area contributed by atoms with E-state index in [4.69, 9.17) is 11.1 Å². The van der Waals surface area contributed by atoms with E-state index in [0.717, 1.165) is 0 Å². The van der Waals surface area contributed by atoms with E-state index in [0.29, 0.717) is 19.3 Å². The molecule has 0 spiro atoms. The lowest BCUT2D eigenvalue weighted by molar-refractivity contribution is -0.617. The second kappa shape index (κ2) is 9.45. The fraction of sp³-hybridized carbons (Fsp3) is 1.00. The Bertz CT molecular complexity index is 411. The van der Waals surface area contributed by atoms with Gasteiger partial charge in [-0.15, -0.1) is 0 Å². The Morgan fingerprint density at radius 3 is 2.21 bits per heavy atom. The summed E-state index contributed by atoms with van der Waals surface area (Å²) in [7, 11) is 0. The van der Waals surface area contributed by atoms with Crippen molar-refractivity contribution >= 4 is 0 Å². The summed E-state index contributed by atoms with van der Waals surface area (Å²) in [6.45, 7) is 0.272. The molecule has 0 radical (unpaired) electrons. The maximum atomic E-state index is 10.7. The van der Waals surface area contributed by atoms with Gasteiger partial charge in [0.25, 0.3) is 6.04 Å². The van der Waals surface area contributed by atoms with Crippen LogP contribution in [-0.2, 0) is 0 Å². The number of nitro groups is 2. The van der Waals surface area contributed by atoms with E-state index in [2.05, 4.69) is 20.1 Å². The van der Waals surface area contributed by atoms with Crippen LogP contribution in [0.25, 0.3) is 20.9 Å². The second-order valence-corrected chi connectivity index (χ2v) is 3.56. The summed E-state index contributed by atoms with van der Waals surface area (Å²) >= 11 is 0. The van der Waals surface area contributed by atoms with Gasteiger partial charge in [-0.2, -0.15) is 0 Å². The average molecular weight is 272 g/mol. The Kier molecular flexibility index (Phi) is 8.17. The Morgan fingerprint density at radius 2 is 1.74 bits per heavy atom. The Morgan fingerprint density at radius 1 is 1.05 bits per heavy atom. The Hall–Kier alpha value is -2.58. The molecule has 19 heavy (non-hydrogen) atoms. The highest BCUT2D eigenvalue weighted by Crippen LogP contribution is 2.13. The van der Waals surface area contributed by atoms with Gasteiger partial charge < -0.3 is 0 Å². The van der Waals surface area contributed by atoms with Crippen molar-refractivity contribution < 1.29 is 9.85 Å². The van der Waals surface area contributed by atoms with Crippen molar-refractivity contribution in [1.82, 2.24) is 0 Å². The highest BCUT2D eigenvalue weighted by molar-refractivity contribution is 4.68. The van der Waals surface area contributed by atoms with E-state index in [9.17, 15) is 20.2 Å². The maximum absolute atomic E-state index is 10.7. The monoisotopic (exact) mass is 272 g/mol. The second-order valence-electron chi connectivity index (χ2n) is 3.56. The number of unbranched alkanes of at least 4 members (excludes halogenated alkanes) is 2. The normalized spacial score (nSPS) is 12.6. The van der Waals surface area contributed by atoms with Crippen LogP contribution >= 0.6 is 0 Å². The molecule has 104 valence electrons. The highest BCUT2D eigenvalue weighted by Gasteiger charge is 2.39. The van der Waals surface area contributed by atoms with Crippen molar-refractivity contribution in [3.63, 3.8) is 0 Å². The standard InChI is InChI=1S/C7H12N8O4/c8-12-10-5-3-1-2-4-6(14(16)17)7(11-13-9)15(18)19/h6-7H,1-5H2. The summed E-state index contributed by atoms with van der Waals surface area (Å²) in [6.07, 6.45) is -0.563. The SMILES string of the molecule is [N-]=[N+]=NCCCCCC(C(N=[N+]=[N-])[N+](=O)[O-])[N+](=O)[O-]. The van der Waals surface area contributed by atoms with Crippen LogP contribution in [-0.4, -0.2) is 28.6 Å². The Labute approximate surface area is 107 Å². The number of hydrogen-bond donors (Lipinski definition) is 0. The Balaban J connectivity index is 4.40. The van der Waals surface area contributed by atoms with Gasteiger partial charge in [-0.1, -0.05) is 11.5 Å². The van der Waals surface area contributed by atoms with E-state index < -0.39 is 22.1 Å². The molecule has 0 fully saturated rings. The molecule has 0 saturated carbocycles. The molecule has 0 amide bonds. The fourth-order valence-corrected chi connectivity index (χ4v) is 1.43. The zero-order valence-electron chi connectivity index (χ0n) is 9.90. The van der Waals surface area contributed by atoms with Crippen LogP contribution in [0.15, 0.2) is 10.2 Å².